The van der Waals surface area contributed by atoms with Crippen LogP contribution in [0.15, 0.2) is 63.8 Å². The van der Waals surface area contributed by atoms with Gasteiger partial charge in [0.1, 0.15) is 33.9 Å². The Morgan fingerprint density at radius 2 is 1.73 bits per heavy atom. The van der Waals surface area contributed by atoms with Crippen molar-refractivity contribution in [3.63, 3.8) is 0 Å². The van der Waals surface area contributed by atoms with Gasteiger partial charge in [0.15, 0.2) is 17.5 Å². The van der Waals surface area contributed by atoms with Crippen molar-refractivity contribution in [1.29, 1.82) is 0 Å². The number of aliphatic carboxylic acids is 1. The molecule has 0 saturated heterocycles. The van der Waals surface area contributed by atoms with Crippen molar-refractivity contribution in [2.75, 3.05) is 6.61 Å². The molecule has 0 aliphatic rings. The number of carbonyl (C=O) groups excluding carboxylic acids is 1. The molecule has 1 N–H and O–H groups in total. The minimum atomic E-state index is -3.12. The number of aryl methyl sites for hydroxylation is 1. The third kappa shape index (κ3) is 9.25. The van der Waals surface area contributed by atoms with E-state index in [1.54, 1.807) is 49.4 Å². The number of nitrogens with zero attached hydrogens (tertiary/aromatic N) is 4. The number of alkyl halides is 3. The largest absolute Gasteiger partial charge is 0.479 e. The molecule has 0 fully saturated rings. The predicted molar refractivity (Wildman–Crippen MR) is 172 cm³/mol. The number of oxazole rings is 1. The Bertz CT molecular complexity index is 2020. The quantitative estimate of drug-likeness (QED) is 0.107. The Kier molecular flexibility index (Phi) is 12.2. The summed E-state index contributed by atoms with van der Waals surface area (Å²) >= 11 is 17.8. The second-order valence-corrected chi connectivity index (χ2v) is 11.3. The second kappa shape index (κ2) is 16.1. The van der Waals surface area contributed by atoms with Crippen molar-refractivity contribution < 1.29 is 46.5 Å². The number of fused-ring (bicyclic) bond motifs is 1. The van der Waals surface area contributed by atoms with Crippen LogP contribution in [0.1, 0.15) is 31.8 Å². The fraction of sp³-hybridized carbons (Fsp3) is 0.258. The molecule has 0 spiro atoms. The number of rotatable bonds is 11. The van der Waals surface area contributed by atoms with Crippen LogP contribution in [-0.2, 0) is 20.7 Å². The fourth-order valence-corrected chi connectivity index (χ4v) is 4.75. The van der Waals surface area contributed by atoms with Crippen LogP contribution in [0.5, 0.6) is 17.6 Å². The van der Waals surface area contributed by atoms with Crippen LogP contribution in [0.25, 0.3) is 16.8 Å². The van der Waals surface area contributed by atoms with Gasteiger partial charge in [0.2, 0.25) is 0 Å². The number of hydrogen-bond donors (Lipinski definition) is 1. The van der Waals surface area contributed by atoms with Gasteiger partial charge in [0, 0.05) is 22.5 Å². The first-order chi connectivity index (χ1) is 23.2. The minimum Gasteiger partial charge on any atom is -0.479 e. The number of hydrogen-bond acceptors (Lipinski definition) is 9. The SMILES string of the molecule is CC(Oc1ccc(Oc2nc3ccc(Cl)cc3o2)cc1)C(=O)O.CCOC(=O)C(Cl)Cc1cc(-n2nc(C)n(C(F)F)c2=O)c(F)cc1Cl. The molecule has 18 heteroatoms. The fourth-order valence-electron chi connectivity index (χ4n) is 4.13. The maximum Gasteiger partial charge on any atom is 0.400 e. The van der Waals surface area contributed by atoms with Gasteiger partial charge in [-0.1, -0.05) is 23.2 Å². The van der Waals surface area contributed by atoms with E-state index < -0.39 is 41.5 Å². The molecule has 2 heterocycles. The Morgan fingerprint density at radius 1 is 1.06 bits per heavy atom. The van der Waals surface area contributed by atoms with E-state index in [4.69, 9.17) is 58.5 Å². The minimum absolute atomic E-state index is 0.0424. The zero-order valence-corrected chi connectivity index (χ0v) is 28.0. The lowest BCUT2D eigenvalue weighted by Crippen LogP contribution is -2.25. The Balaban J connectivity index is 0.000000222. The number of halogens is 6. The summed E-state index contributed by atoms with van der Waals surface area (Å²) in [6, 6.07) is 13.6. The highest BCUT2D eigenvalue weighted by Gasteiger charge is 2.24. The normalized spacial score (nSPS) is 12.3. The van der Waals surface area contributed by atoms with Crippen molar-refractivity contribution in [2.45, 2.75) is 45.2 Å². The second-order valence-electron chi connectivity index (χ2n) is 9.97. The summed E-state index contributed by atoms with van der Waals surface area (Å²) in [5.41, 5.74) is -0.197. The van der Waals surface area contributed by atoms with E-state index >= 15 is 0 Å². The van der Waals surface area contributed by atoms with Gasteiger partial charge in [-0.05, 0) is 74.9 Å². The van der Waals surface area contributed by atoms with E-state index in [2.05, 4.69) is 10.1 Å². The number of carboxylic acid groups (broad SMARTS) is 1. The number of ether oxygens (including phenoxy) is 3. The lowest BCUT2D eigenvalue weighted by Gasteiger charge is -2.12. The van der Waals surface area contributed by atoms with Gasteiger partial charge in [0.05, 0.1) is 6.61 Å². The zero-order chi connectivity index (χ0) is 36.0. The molecule has 3 aromatic carbocycles. The van der Waals surface area contributed by atoms with Crippen molar-refractivity contribution in [1.82, 2.24) is 19.3 Å². The van der Waals surface area contributed by atoms with E-state index in [9.17, 15) is 27.6 Å². The molecular formula is C31H26Cl3F3N4O8. The van der Waals surface area contributed by atoms with Crippen molar-refractivity contribution in [2.24, 2.45) is 0 Å². The number of carboxylic acids is 1. The first-order valence-corrected chi connectivity index (χ1v) is 15.4. The van der Waals surface area contributed by atoms with Gasteiger partial charge in [-0.15, -0.1) is 16.7 Å². The molecule has 5 aromatic rings. The highest BCUT2D eigenvalue weighted by Crippen LogP contribution is 2.29. The van der Waals surface area contributed by atoms with Crippen molar-refractivity contribution in [3.8, 4) is 23.3 Å². The Hall–Kier alpha value is -4.73. The number of carbonyl (C=O) groups is 2. The lowest BCUT2D eigenvalue weighted by atomic mass is 10.1. The average Bonchev–Trinajstić information content (AvgIpc) is 3.57. The van der Waals surface area contributed by atoms with Crippen LogP contribution in [0.4, 0.5) is 13.2 Å². The van der Waals surface area contributed by atoms with Gasteiger partial charge in [-0.2, -0.15) is 18.4 Å². The molecule has 12 nitrogen and oxygen atoms in total. The van der Waals surface area contributed by atoms with Crippen LogP contribution < -0.4 is 15.2 Å². The molecule has 0 amide bonds. The van der Waals surface area contributed by atoms with E-state index in [0.29, 0.717) is 32.3 Å². The van der Waals surface area contributed by atoms with Crippen LogP contribution in [0.2, 0.25) is 10.0 Å². The molecule has 2 atom stereocenters. The van der Waals surface area contributed by atoms with Crippen LogP contribution in [0.3, 0.4) is 0 Å². The summed E-state index contributed by atoms with van der Waals surface area (Å²) in [5.74, 6) is -2.04. The number of esters is 1. The maximum absolute atomic E-state index is 14.2. The Morgan fingerprint density at radius 3 is 2.35 bits per heavy atom. The predicted octanol–water partition coefficient (Wildman–Crippen LogP) is 7.37. The van der Waals surface area contributed by atoms with E-state index in [-0.39, 0.29) is 45.8 Å². The Labute approximate surface area is 290 Å². The molecule has 49 heavy (non-hydrogen) atoms. The lowest BCUT2D eigenvalue weighted by molar-refractivity contribution is -0.144. The molecule has 0 aliphatic heterocycles. The monoisotopic (exact) mass is 744 g/mol. The zero-order valence-electron chi connectivity index (χ0n) is 25.7. The summed E-state index contributed by atoms with van der Waals surface area (Å²) in [7, 11) is 0. The number of benzene rings is 3. The van der Waals surface area contributed by atoms with Gasteiger partial charge in [0.25, 0.3) is 0 Å². The standard InChI is InChI=1S/C16H12ClNO5.C15H14Cl2F3N3O3/c1-9(15(19)20)21-11-3-5-12(6-4-11)22-16-18-13-7-2-10(17)8-14(13)23-16;1-3-26-13(24)10(17)4-8-5-12(11(18)6-9(8)16)23-15(25)22(14(19)20)7(2)21-23/h2-9H,1H3,(H,19,20);5-6,10,14H,3-4H2,1-2H3. The van der Waals surface area contributed by atoms with Gasteiger partial charge in [-0.3, -0.25) is 4.79 Å². The van der Waals surface area contributed by atoms with Crippen LogP contribution in [0, 0.1) is 12.7 Å². The highest BCUT2D eigenvalue weighted by molar-refractivity contribution is 6.32. The van der Waals surface area contributed by atoms with Gasteiger partial charge < -0.3 is 23.7 Å². The van der Waals surface area contributed by atoms with E-state index in [1.165, 1.54) is 13.8 Å². The van der Waals surface area contributed by atoms with Crippen molar-refractivity contribution in [3.05, 3.63) is 92.3 Å². The molecule has 0 aliphatic carbocycles. The molecule has 5 rings (SSSR count). The smallest absolute Gasteiger partial charge is 0.400 e. The molecule has 0 radical (unpaired) electrons. The summed E-state index contributed by atoms with van der Waals surface area (Å²) < 4.78 is 61.7. The summed E-state index contributed by atoms with van der Waals surface area (Å²) in [4.78, 5) is 38.6. The molecule has 260 valence electrons. The molecule has 0 saturated carbocycles. The third-order valence-corrected chi connectivity index (χ3v) is 7.40. The van der Waals surface area contributed by atoms with Gasteiger partial charge in [-0.25, -0.2) is 18.5 Å². The first kappa shape index (κ1) is 37.1. The first-order valence-electron chi connectivity index (χ1n) is 14.2. The topological polar surface area (TPSA) is 148 Å². The van der Waals surface area contributed by atoms with Crippen molar-refractivity contribution >= 4 is 57.8 Å². The van der Waals surface area contributed by atoms with Gasteiger partial charge >= 0.3 is 30.3 Å². The molecule has 0 bridgehead atoms. The third-order valence-electron chi connectivity index (χ3n) is 6.48. The molecule has 2 aromatic heterocycles. The molecular weight excluding hydrogens is 720 g/mol. The van der Waals surface area contributed by atoms with Crippen LogP contribution >= 0.6 is 34.8 Å². The summed E-state index contributed by atoms with van der Waals surface area (Å²) in [6.07, 6.45) is -0.950. The highest BCUT2D eigenvalue weighted by atomic mass is 35.5. The molecule has 2 unspecified atom stereocenters. The van der Waals surface area contributed by atoms with Crippen LogP contribution in [-0.4, -0.2) is 54.5 Å². The van der Waals surface area contributed by atoms with E-state index in [0.717, 1.165) is 12.1 Å². The summed E-state index contributed by atoms with van der Waals surface area (Å²) in [6.45, 7) is 1.26. The average molecular weight is 746 g/mol. The van der Waals surface area contributed by atoms with E-state index in [1.807, 2.05) is 0 Å². The number of aromatic nitrogens is 4. The summed E-state index contributed by atoms with van der Waals surface area (Å²) in [5, 5.41) is 11.9. The maximum atomic E-state index is 14.2.